The Labute approximate surface area is 78.6 Å². The number of hydrogen-bond acceptors (Lipinski definition) is 3. The minimum absolute atomic E-state index is 0.000370. The third-order valence-corrected chi connectivity index (χ3v) is 1.52. The van der Waals surface area contributed by atoms with Crippen molar-refractivity contribution in [3.05, 3.63) is 18.2 Å². The first-order valence-electron chi connectivity index (χ1n) is 4.43. The van der Waals surface area contributed by atoms with Crippen LogP contribution in [0.3, 0.4) is 0 Å². The second kappa shape index (κ2) is 6.37. The Morgan fingerprint density at radius 3 is 2.69 bits per heavy atom. The Balaban J connectivity index is 0.000000671. The average molecular weight is 183 g/mol. The molecule has 3 N–H and O–H groups in total. The van der Waals surface area contributed by atoms with Crippen molar-refractivity contribution >= 4 is 5.78 Å². The summed E-state index contributed by atoms with van der Waals surface area (Å²) in [5.74, 6) is -0.000370. The van der Waals surface area contributed by atoms with Crippen molar-refractivity contribution in [1.29, 1.82) is 0 Å². The summed E-state index contributed by atoms with van der Waals surface area (Å²) < 4.78 is 0. The number of carbonyl (C=O) groups excluding carboxylic acids is 1. The molecule has 0 aliphatic heterocycles. The monoisotopic (exact) mass is 183 g/mol. The van der Waals surface area contributed by atoms with Crippen LogP contribution in [0.25, 0.3) is 0 Å². The molecule has 4 nitrogen and oxygen atoms in total. The Hall–Kier alpha value is -1.16. The minimum Gasteiger partial charge on any atom is -0.348 e. The molecule has 0 aliphatic rings. The summed E-state index contributed by atoms with van der Waals surface area (Å²) in [6.07, 6.45) is 3.78. The first-order valence-corrected chi connectivity index (χ1v) is 4.43. The molecule has 1 rings (SSSR count). The lowest BCUT2D eigenvalue weighted by Gasteiger charge is -2.03. The zero-order valence-corrected chi connectivity index (χ0v) is 8.37. The summed E-state index contributed by atoms with van der Waals surface area (Å²) >= 11 is 0. The van der Waals surface area contributed by atoms with Gasteiger partial charge in [-0.1, -0.05) is 13.8 Å². The van der Waals surface area contributed by atoms with Gasteiger partial charge in [0, 0.05) is 18.3 Å². The van der Waals surface area contributed by atoms with Gasteiger partial charge >= 0.3 is 0 Å². The van der Waals surface area contributed by atoms with Crippen molar-refractivity contribution < 1.29 is 4.79 Å². The number of nitrogens with two attached hydrogens (primary N) is 1. The quantitative estimate of drug-likeness (QED) is 0.731. The molecule has 1 atom stereocenters. The molecule has 0 fully saturated rings. The predicted octanol–water partition coefficient (Wildman–Crippen LogP) is 0.895. The van der Waals surface area contributed by atoms with E-state index in [1.807, 2.05) is 13.8 Å². The number of imidazole rings is 1. The Morgan fingerprint density at radius 2 is 2.31 bits per heavy atom. The number of nitrogens with one attached hydrogen (secondary N) is 1. The maximum atomic E-state index is 10.7. The molecule has 0 bridgehead atoms. The van der Waals surface area contributed by atoms with Crippen molar-refractivity contribution in [1.82, 2.24) is 9.97 Å². The smallest absolute Gasteiger partial charge is 0.146 e. The van der Waals surface area contributed by atoms with Gasteiger partial charge in [0.2, 0.25) is 0 Å². The maximum Gasteiger partial charge on any atom is 0.146 e. The van der Waals surface area contributed by atoms with Gasteiger partial charge in [-0.3, -0.25) is 4.79 Å². The fourth-order valence-corrected chi connectivity index (χ4v) is 0.777. The van der Waals surface area contributed by atoms with Crippen LogP contribution in [0.15, 0.2) is 12.5 Å². The van der Waals surface area contributed by atoms with E-state index in [1.165, 1.54) is 6.92 Å². The van der Waals surface area contributed by atoms with Crippen LogP contribution < -0.4 is 5.73 Å². The molecule has 0 radical (unpaired) electrons. The summed E-state index contributed by atoms with van der Waals surface area (Å²) in [5, 5.41) is 0. The van der Waals surface area contributed by atoms with Gasteiger partial charge < -0.3 is 10.7 Å². The first kappa shape index (κ1) is 11.8. The van der Waals surface area contributed by atoms with Crippen LogP contribution >= 0.6 is 0 Å². The van der Waals surface area contributed by atoms with Crippen LogP contribution in [0.5, 0.6) is 0 Å². The molecule has 0 amide bonds. The van der Waals surface area contributed by atoms with Gasteiger partial charge in [0.05, 0.1) is 12.4 Å². The van der Waals surface area contributed by atoms with E-state index in [0.29, 0.717) is 6.42 Å². The normalized spacial score (nSPS) is 11.4. The number of nitrogens with zero attached hydrogens (tertiary/aromatic N) is 1. The van der Waals surface area contributed by atoms with Gasteiger partial charge in [0.15, 0.2) is 0 Å². The SMILES string of the molecule is CC.CC(=O)[C@@H](N)Cc1cnc[nH]1. The number of hydrogen-bond donors (Lipinski definition) is 2. The van der Waals surface area contributed by atoms with Crippen molar-refractivity contribution in [3.63, 3.8) is 0 Å². The average Bonchev–Trinajstić information content (AvgIpc) is 2.60. The van der Waals surface area contributed by atoms with Gasteiger partial charge in [-0.25, -0.2) is 4.98 Å². The van der Waals surface area contributed by atoms with Crippen molar-refractivity contribution in [2.45, 2.75) is 33.2 Å². The lowest BCUT2D eigenvalue weighted by Crippen LogP contribution is -2.30. The van der Waals surface area contributed by atoms with Crippen LogP contribution in [0.1, 0.15) is 26.5 Å². The molecule has 1 heterocycles. The number of Topliss-reactive ketones (excluding diaryl/α,β-unsaturated/α-hetero) is 1. The Morgan fingerprint density at radius 1 is 1.69 bits per heavy atom. The number of rotatable bonds is 3. The zero-order chi connectivity index (χ0) is 10.3. The molecule has 0 saturated carbocycles. The van der Waals surface area contributed by atoms with E-state index < -0.39 is 6.04 Å². The first-order chi connectivity index (χ1) is 6.20. The number of aromatic amines is 1. The maximum absolute atomic E-state index is 10.7. The lowest BCUT2D eigenvalue weighted by atomic mass is 10.1. The highest BCUT2D eigenvalue weighted by Gasteiger charge is 2.08. The molecule has 13 heavy (non-hydrogen) atoms. The van der Waals surface area contributed by atoms with Crippen molar-refractivity contribution in [2.24, 2.45) is 5.73 Å². The largest absolute Gasteiger partial charge is 0.348 e. The third-order valence-electron chi connectivity index (χ3n) is 1.52. The van der Waals surface area contributed by atoms with Crippen LogP contribution in [0.4, 0.5) is 0 Å². The van der Waals surface area contributed by atoms with Crippen LogP contribution in [-0.2, 0) is 11.2 Å². The Kier molecular flexibility index (Phi) is 5.80. The molecule has 4 heteroatoms. The molecule has 0 aromatic carbocycles. The van der Waals surface area contributed by atoms with E-state index in [0.717, 1.165) is 5.69 Å². The zero-order valence-electron chi connectivity index (χ0n) is 8.37. The van der Waals surface area contributed by atoms with E-state index in [1.54, 1.807) is 12.5 Å². The third kappa shape index (κ3) is 4.42. The van der Waals surface area contributed by atoms with Crippen LogP contribution in [0.2, 0.25) is 0 Å². The summed E-state index contributed by atoms with van der Waals surface area (Å²) in [4.78, 5) is 17.4. The molecule has 0 aliphatic carbocycles. The Bertz CT molecular complexity index is 231. The molecule has 1 aromatic heterocycles. The van der Waals surface area contributed by atoms with E-state index in [-0.39, 0.29) is 5.78 Å². The van der Waals surface area contributed by atoms with Gasteiger partial charge in [0.25, 0.3) is 0 Å². The van der Waals surface area contributed by atoms with Gasteiger partial charge in [0.1, 0.15) is 5.78 Å². The highest BCUT2D eigenvalue weighted by atomic mass is 16.1. The fourth-order valence-electron chi connectivity index (χ4n) is 0.777. The van der Waals surface area contributed by atoms with Crippen molar-refractivity contribution in [3.8, 4) is 0 Å². The van der Waals surface area contributed by atoms with Gasteiger partial charge in [-0.2, -0.15) is 0 Å². The molecular formula is C9H17N3O. The number of ketones is 1. The van der Waals surface area contributed by atoms with E-state index in [4.69, 9.17) is 5.73 Å². The second-order valence-corrected chi connectivity index (χ2v) is 2.50. The highest BCUT2D eigenvalue weighted by Crippen LogP contribution is 1.96. The minimum atomic E-state index is -0.407. The number of H-pyrrole nitrogens is 1. The standard InChI is InChI=1S/C7H11N3O.C2H6/c1-5(11)7(8)2-6-3-9-4-10-6;1-2/h3-4,7H,2,8H2,1H3,(H,9,10);1-2H3/t7-;/m0./s1. The summed E-state index contributed by atoms with van der Waals surface area (Å²) in [6, 6.07) is -0.407. The van der Waals surface area contributed by atoms with Crippen molar-refractivity contribution in [2.75, 3.05) is 0 Å². The molecule has 0 spiro atoms. The predicted molar refractivity (Wildman–Crippen MR) is 52.3 cm³/mol. The lowest BCUT2D eigenvalue weighted by molar-refractivity contribution is -0.118. The molecule has 74 valence electrons. The molecular weight excluding hydrogens is 166 g/mol. The van der Waals surface area contributed by atoms with E-state index in [9.17, 15) is 4.79 Å². The molecule has 0 saturated heterocycles. The number of aromatic nitrogens is 2. The highest BCUT2D eigenvalue weighted by molar-refractivity contribution is 5.81. The summed E-state index contributed by atoms with van der Waals surface area (Å²) in [7, 11) is 0. The van der Waals surface area contributed by atoms with Gasteiger partial charge in [-0.15, -0.1) is 0 Å². The number of carbonyl (C=O) groups is 1. The van der Waals surface area contributed by atoms with E-state index >= 15 is 0 Å². The van der Waals surface area contributed by atoms with Crippen LogP contribution in [0, 0.1) is 0 Å². The topological polar surface area (TPSA) is 71.8 Å². The van der Waals surface area contributed by atoms with Crippen LogP contribution in [-0.4, -0.2) is 21.8 Å². The molecule has 1 aromatic rings. The summed E-state index contributed by atoms with van der Waals surface area (Å²) in [5.41, 5.74) is 6.41. The molecule has 0 unspecified atom stereocenters. The second-order valence-electron chi connectivity index (χ2n) is 2.50. The summed E-state index contributed by atoms with van der Waals surface area (Å²) in [6.45, 7) is 5.49. The fraction of sp³-hybridized carbons (Fsp3) is 0.556. The van der Waals surface area contributed by atoms with E-state index in [2.05, 4.69) is 9.97 Å². The van der Waals surface area contributed by atoms with Gasteiger partial charge in [-0.05, 0) is 6.92 Å².